The number of carbonyl (C=O) groups is 2. The zero-order valence-corrected chi connectivity index (χ0v) is 18.9. The van der Waals surface area contributed by atoms with E-state index in [4.69, 9.17) is 9.47 Å². The lowest BCUT2D eigenvalue weighted by Crippen LogP contribution is -2.52. The van der Waals surface area contributed by atoms with Gasteiger partial charge in [0.1, 0.15) is 0 Å². The molecule has 168 valence electrons. The van der Waals surface area contributed by atoms with Gasteiger partial charge in [-0.25, -0.2) is 4.21 Å². The first-order chi connectivity index (χ1) is 14.2. The molecular formula is C22H34N2O5S. The second-order valence-corrected chi connectivity index (χ2v) is 12.7. The fourth-order valence-corrected chi connectivity index (χ4v) is 7.41. The number of nitrogens with zero attached hydrogens (tertiary/aromatic N) is 1. The molecular weight excluding hydrogens is 404 g/mol. The molecule has 0 bridgehead atoms. The standard InChI is InChI=1S/C22H34N2O5S/c1-21(2)13-16(14-21)19(25)24-30(27)11-7-22(8-12-30)15-17(6-10-29-22)23-20(26)18-5-3-4-9-28-18/h5,16-17H,3-4,6-15H2,1-2H3,(H,23,26). The molecule has 4 rings (SSSR count). The van der Waals surface area contributed by atoms with Crippen LogP contribution in [0.2, 0.25) is 0 Å². The molecule has 3 aliphatic heterocycles. The van der Waals surface area contributed by atoms with Crippen molar-refractivity contribution in [2.45, 2.75) is 76.9 Å². The van der Waals surface area contributed by atoms with Crippen molar-refractivity contribution < 1.29 is 23.3 Å². The molecule has 1 N–H and O–H groups in total. The second-order valence-electron chi connectivity index (χ2n) is 10.1. The van der Waals surface area contributed by atoms with Crippen molar-refractivity contribution in [3.63, 3.8) is 0 Å². The molecule has 30 heavy (non-hydrogen) atoms. The molecule has 1 atom stereocenters. The highest BCUT2D eigenvalue weighted by atomic mass is 32.2. The van der Waals surface area contributed by atoms with Gasteiger partial charge in [-0.1, -0.05) is 13.8 Å². The van der Waals surface area contributed by atoms with Gasteiger partial charge in [0.05, 0.1) is 21.9 Å². The van der Waals surface area contributed by atoms with E-state index in [1.165, 1.54) is 0 Å². The summed E-state index contributed by atoms with van der Waals surface area (Å²) >= 11 is 0. The molecule has 3 fully saturated rings. The Labute approximate surface area is 179 Å². The zero-order valence-electron chi connectivity index (χ0n) is 18.1. The summed E-state index contributed by atoms with van der Waals surface area (Å²) in [4.78, 5) is 24.9. The number of hydrogen-bond acceptors (Lipinski definition) is 5. The van der Waals surface area contributed by atoms with Gasteiger partial charge < -0.3 is 14.8 Å². The molecule has 2 saturated heterocycles. The Balaban J connectivity index is 1.33. The Kier molecular flexibility index (Phi) is 6.01. The van der Waals surface area contributed by atoms with E-state index < -0.39 is 9.73 Å². The minimum absolute atomic E-state index is 0.0163. The van der Waals surface area contributed by atoms with Crippen molar-refractivity contribution in [1.29, 1.82) is 0 Å². The number of hydrogen-bond donors (Lipinski definition) is 1. The van der Waals surface area contributed by atoms with Crippen molar-refractivity contribution in [1.82, 2.24) is 5.32 Å². The van der Waals surface area contributed by atoms with Crippen LogP contribution in [0.25, 0.3) is 0 Å². The monoisotopic (exact) mass is 438 g/mol. The Morgan fingerprint density at radius 1 is 1.17 bits per heavy atom. The molecule has 0 radical (unpaired) electrons. The first-order valence-corrected chi connectivity index (χ1v) is 13.1. The van der Waals surface area contributed by atoms with E-state index in [0.29, 0.717) is 49.7 Å². The molecule has 4 aliphatic rings. The lowest BCUT2D eigenvalue weighted by atomic mass is 9.64. The summed E-state index contributed by atoms with van der Waals surface area (Å²) in [6.45, 7) is 5.45. The van der Waals surface area contributed by atoms with Crippen molar-refractivity contribution in [3.8, 4) is 0 Å². The van der Waals surface area contributed by atoms with Crippen molar-refractivity contribution in [2.24, 2.45) is 15.7 Å². The van der Waals surface area contributed by atoms with Crippen LogP contribution in [0.5, 0.6) is 0 Å². The molecule has 1 saturated carbocycles. The van der Waals surface area contributed by atoms with Crippen LogP contribution in [0.1, 0.15) is 65.2 Å². The highest BCUT2D eigenvalue weighted by Crippen LogP contribution is 2.45. The third kappa shape index (κ3) is 4.90. The molecule has 2 amide bonds. The number of nitrogens with one attached hydrogen (secondary N) is 1. The summed E-state index contributed by atoms with van der Waals surface area (Å²) < 4.78 is 29.0. The molecule has 7 nitrogen and oxygen atoms in total. The maximum atomic E-state index is 13.2. The molecule has 0 aromatic heterocycles. The smallest absolute Gasteiger partial charge is 0.286 e. The van der Waals surface area contributed by atoms with Crippen LogP contribution in [0, 0.1) is 11.3 Å². The van der Waals surface area contributed by atoms with Gasteiger partial charge in [0.15, 0.2) is 5.76 Å². The lowest BCUT2D eigenvalue weighted by Gasteiger charge is -2.44. The SMILES string of the molecule is CC1(C)CC(C(=O)N=S2(=O)CCC3(CC2)CC(NC(=O)C2=CCCCO2)CCO3)C1. The van der Waals surface area contributed by atoms with E-state index >= 15 is 0 Å². The number of allylic oxidation sites excluding steroid dienone is 1. The Bertz CT molecular complexity index is 834. The van der Waals surface area contributed by atoms with Gasteiger partial charge in [0.2, 0.25) is 0 Å². The normalized spacial score (nSPS) is 33.0. The molecule has 1 spiro atoms. The van der Waals surface area contributed by atoms with Crippen LogP contribution in [-0.2, 0) is 28.8 Å². The van der Waals surface area contributed by atoms with Crippen molar-refractivity contribution in [3.05, 3.63) is 11.8 Å². The summed E-state index contributed by atoms with van der Waals surface area (Å²) in [7, 11) is -2.50. The van der Waals surface area contributed by atoms with Crippen LogP contribution >= 0.6 is 0 Å². The minimum Gasteiger partial charge on any atom is -0.488 e. The van der Waals surface area contributed by atoms with Crippen LogP contribution in [0.4, 0.5) is 0 Å². The van der Waals surface area contributed by atoms with E-state index in [-0.39, 0.29) is 34.8 Å². The van der Waals surface area contributed by atoms with Gasteiger partial charge in [0, 0.05) is 30.1 Å². The number of ether oxygens (including phenoxy) is 2. The predicted molar refractivity (Wildman–Crippen MR) is 114 cm³/mol. The van der Waals surface area contributed by atoms with E-state index in [0.717, 1.165) is 32.1 Å². The Morgan fingerprint density at radius 2 is 1.90 bits per heavy atom. The number of amides is 2. The maximum absolute atomic E-state index is 13.2. The molecule has 3 heterocycles. The number of rotatable bonds is 3. The Morgan fingerprint density at radius 3 is 2.53 bits per heavy atom. The average Bonchev–Trinajstić information content (AvgIpc) is 2.70. The maximum Gasteiger partial charge on any atom is 0.286 e. The molecule has 1 aliphatic carbocycles. The summed E-state index contributed by atoms with van der Waals surface area (Å²) in [6.07, 6.45) is 8.03. The van der Waals surface area contributed by atoms with Crippen LogP contribution in [0.15, 0.2) is 16.2 Å². The number of carbonyl (C=O) groups excluding carboxylic acids is 2. The average molecular weight is 439 g/mol. The topological polar surface area (TPSA) is 94.1 Å². The lowest BCUT2D eigenvalue weighted by molar-refractivity contribution is -0.128. The molecule has 0 aromatic rings. The zero-order chi connectivity index (χ0) is 21.4. The fourth-order valence-electron chi connectivity index (χ4n) is 5.17. The largest absolute Gasteiger partial charge is 0.488 e. The third-order valence-corrected chi connectivity index (χ3v) is 9.14. The van der Waals surface area contributed by atoms with Crippen LogP contribution < -0.4 is 5.32 Å². The highest BCUT2D eigenvalue weighted by Gasteiger charge is 2.44. The summed E-state index contributed by atoms with van der Waals surface area (Å²) in [5, 5.41) is 3.09. The highest BCUT2D eigenvalue weighted by molar-refractivity contribution is 7.93. The van der Waals surface area contributed by atoms with Gasteiger partial charge in [-0.05, 0) is 62.9 Å². The van der Waals surface area contributed by atoms with Crippen LogP contribution in [0.3, 0.4) is 0 Å². The van der Waals surface area contributed by atoms with E-state index in [9.17, 15) is 13.8 Å². The predicted octanol–water partition coefficient (Wildman–Crippen LogP) is 2.94. The van der Waals surface area contributed by atoms with Gasteiger partial charge in [-0.2, -0.15) is 4.36 Å². The quantitative estimate of drug-likeness (QED) is 0.731. The summed E-state index contributed by atoms with van der Waals surface area (Å²) in [5.41, 5.74) is -0.179. The molecule has 1 unspecified atom stereocenters. The van der Waals surface area contributed by atoms with Crippen molar-refractivity contribution >= 4 is 21.5 Å². The minimum atomic E-state index is -2.50. The first kappa shape index (κ1) is 21.8. The van der Waals surface area contributed by atoms with Crippen LogP contribution in [-0.4, -0.2) is 52.4 Å². The summed E-state index contributed by atoms with van der Waals surface area (Å²) in [5.74, 6) is 0.820. The van der Waals surface area contributed by atoms with Gasteiger partial charge >= 0.3 is 0 Å². The van der Waals surface area contributed by atoms with E-state index in [1.54, 1.807) is 0 Å². The Hall–Kier alpha value is -1.41. The fraction of sp³-hybridized carbons (Fsp3) is 0.818. The molecule has 0 aromatic carbocycles. The van der Waals surface area contributed by atoms with Gasteiger partial charge in [-0.15, -0.1) is 0 Å². The second kappa shape index (κ2) is 8.26. The molecule has 8 heteroatoms. The summed E-state index contributed by atoms with van der Waals surface area (Å²) in [6, 6.07) is 0.0163. The van der Waals surface area contributed by atoms with Crippen molar-refractivity contribution in [2.75, 3.05) is 24.7 Å². The van der Waals surface area contributed by atoms with E-state index in [2.05, 4.69) is 23.5 Å². The van der Waals surface area contributed by atoms with Gasteiger partial charge in [0.25, 0.3) is 11.8 Å². The van der Waals surface area contributed by atoms with Gasteiger partial charge in [-0.3, -0.25) is 9.59 Å². The third-order valence-electron chi connectivity index (χ3n) is 6.94. The van der Waals surface area contributed by atoms with E-state index in [1.807, 2.05) is 6.08 Å². The first-order valence-electron chi connectivity index (χ1n) is 11.2.